The van der Waals surface area contributed by atoms with Gasteiger partial charge in [0.05, 0.1) is 6.04 Å². The maximum absolute atomic E-state index is 6.53. The molecular formula is C18H15BrClN. The number of rotatable bonds is 2. The summed E-state index contributed by atoms with van der Waals surface area (Å²) in [5.41, 5.74) is 9.80. The van der Waals surface area contributed by atoms with Crippen molar-refractivity contribution in [1.82, 2.24) is 0 Å². The Morgan fingerprint density at radius 1 is 1.05 bits per heavy atom. The van der Waals surface area contributed by atoms with Gasteiger partial charge in [-0.2, -0.15) is 0 Å². The van der Waals surface area contributed by atoms with Crippen LogP contribution in [0.5, 0.6) is 0 Å². The standard InChI is InChI=1S/C18H15BrClN/c1-11-6-7-12-4-2-3-5-14(12)17(11)18(21)15-9-8-13(19)10-16(15)20/h2-10,18H,21H2,1H3. The number of benzene rings is 3. The van der Waals surface area contributed by atoms with Crippen LogP contribution in [0.4, 0.5) is 0 Å². The van der Waals surface area contributed by atoms with Gasteiger partial charge in [-0.15, -0.1) is 0 Å². The van der Waals surface area contributed by atoms with Crippen molar-refractivity contribution in [2.75, 3.05) is 0 Å². The number of hydrogen-bond donors (Lipinski definition) is 1. The van der Waals surface area contributed by atoms with Gasteiger partial charge in [0, 0.05) is 9.50 Å². The number of fused-ring (bicyclic) bond motifs is 1. The highest BCUT2D eigenvalue weighted by atomic mass is 79.9. The van der Waals surface area contributed by atoms with E-state index in [9.17, 15) is 0 Å². The van der Waals surface area contributed by atoms with Gasteiger partial charge in [0.15, 0.2) is 0 Å². The highest BCUT2D eigenvalue weighted by Crippen LogP contribution is 2.34. The molecule has 0 aliphatic heterocycles. The normalized spacial score (nSPS) is 12.6. The monoisotopic (exact) mass is 359 g/mol. The average Bonchev–Trinajstić information content (AvgIpc) is 2.46. The Kier molecular flexibility index (Phi) is 4.03. The lowest BCUT2D eigenvalue weighted by molar-refractivity contribution is 0.871. The fourth-order valence-corrected chi connectivity index (χ4v) is 3.52. The number of hydrogen-bond acceptors (Lipinski definition) is 1. The van der Waals surface area contributed by atoms with Gasteiger partial charge in [0.1, 0.15) is 0 Å². The van der Waals surface area contributed by atoms with Gasteiger partial charge in [0.25, 0.3) is 0 Å². The minimum atomic E-state index is -0.239. The van der Waals surface area contributed by atoms with Crippen LogP contribution in [0.1, 0.15) is 22.7 Å². The highest BCUT2D eigenvalue weighted by Gasteiger charge is 2.17. The predicted molar refractivity (Wildman–Crippen MR) is 93.9 cm³/mol. The van der Waals surface area contributed by atoms with Crippen LogP contribution in [0, 0.1) is 6.92 Å². The van der Waals surface area contributed by atoms with Crippen LogP contribution in [-0.4, -0.2) is 0 Å². The molecule has 21 heavy (non-hydrogen) atoms. The number of nitrogens with two attached hydrogens (primary N) is 1. The van der Waals surface area contributed by atoms with E-state index in [0.29, 0.717) is 5.02 Å². The quantitative estimate of drug-likeness (QED) is 0.631. The molecule has 0 aromatic heterocycles. The average molecular weight is 361 g/mol. The van der Waals surface area contributed by atoms with Gasteiger partial charge >= 0.3 is 0 Å². The molecule has 3 rings (SSSR count). The summed E-state index contributed by atoms with van der Waals surface area (Å²) in [5.74, 6) is 0. The Morgan fingerprint density at radius 2 is 1.81 bits per heavy atom. The van der Waals surface area contributed by atoms with E-state index in [1.54, 1.807) is 0 Å². The van der Waals surface area contributed by atoms with Crippen molar-refractivity contribution in [1.29, 1.82) is 0 Å². The summed E-state index contributed by atoms with van der Waals surface area (Å²) >= 11 is 9.80. The molecule has 1 nitrogen and oxygen atoms in total. The largest absolute Gasteiger partial charge is 0.320 e. The van der Waals surface area contributed by atoms with Crippen LogP contribution in [0.15, 0.2) is 59.1 Å². The molecule has 0 saturated heterocycles. The SMILES string of the molecule is Cc1ccc2ccccc2c1C(N)c1ccc(Br)cc1Cl. The Morgan fingerprint density at radius 3 is 2.57 bits per heavy atom. The zero-order chi connectivity index (χ0) is 15.0. The molecule has 0 spiro atoms. The first kappa shape index (κ1) is 14.6. The van der Waals surface area contributed by atoms with Crippen LogP contribution < -0.4 is 5.73 Å². The predicted octanol–water partition coefficient (Wildman–Crippen LogP) is 5.61. The van der Waals surface area contributed by atoms with E-state index in [2.05, 4.69) is 47.1 Å². The minimum Gasteiger partial charge on any atom is -0.320 e. The zero-order valence-corrected chi connectivity index (χ0v) is 13.9. The van der Waals surface area contributed by atoms with Crippen molar-refractivity contribution in [3.63, 3.8) is 0 Å². The van der Waals surface area contributed by atoms with Crippen LogP contribution in [0.2, 0.25) is 5.02 Å². The zero-order valence-electron chi connectivity index (χ0n) is 11.6. The molecule has 3 heteroatoms. The van der Waals surface area contributed by atoms with Gasteiger partial charge in [0.2, 0.25) is 0 Å². The lowest BCUT2D eigenvalue weighted by Gasteiger charge is -2.19. The molecule has 0 fully saturated rings. The minimum absolute atomic E-state index is 0.239. The third kappa shape index (κ3) is 2.71. The summed E-state index contributed by atoms with van der Waals surface area (Å²) in [5, 5.41) is 3.06. The molecule has 0 aliphatic rings. The van der Waals surface area contributed by atoms with E-state index >= 15 is 0 Å². The Hall–Kier alpha value is -1.35. The Labute approximate surface area is 137 Å². The Balaban J connectivity index is 2.21. The highest BCUT2D eigenvalue weighted by molar-refractivity contribution is 9.10. The molecule has 3 aromatic carbocycles. The van der Waals surface area contributed by atoms with Crippen molar-refractivity contribution >= 4 is 38.3 Å². The number of aryl methyl sites for hydroxylation is 1. The molecule has 0 bridgehead atoms. The lowest BCUT2D eigenvalue weighted by atomic mass is 9.91. The van der Waals surface area contributed by atoms with Gasteiger partial charge in [-0.3, -0.25) is 0 Å². The molecule has 0 saturated carbocycles. The first-order valence-corrected chi connectivity index (χ1v) is 7.94. The smallest absolute Gasteiger partial charge is 0.0575 e. The molecule has 0 radical (unpaired) electrons. The fourth-order valence-electron chi connectivity index (χ4n) is 2.73. The third-order valence-corrected chi connectivity index (χ3v) is 4.62. The topological polar surface area (TPSA) is 26.0 Å². The lowest BCUT2D eigenvalue weighted by Crippen LogP contribution is -2.14. The summed E-state index contributed by atoms with van der Waals surface area (Å²) in [6.07, 6.45) is 0. The van der Waals surface area contributed by atoms with Gasteiger partial charge < -0.3 is 5.73 Å². The third-order valence-electron chi connectivity index (χ3n) is 3.80. The Bertz CT molecular complexity index is 813. The molecule has 2 N–H and O–H groups in total. The van der Waals surface area contributed by atoms with Crippen LogP contribution in [0.3, 0.4) is 0 Å². The van der Waals surface area contributed by atoms with Gasteiger partial charge in [-0.05, 0) is 46.5 Å². The van der Waals surface area contributed by atoms with Crippen LogP contribution in [-0.2, 0) is 0 Å². The molecule has 0 amide bonds. The molecule has 1 unspecified atom stereocenters. The first-order chi connectivity index (χ1) is 10.1. The summed E-state index contributed by atoms with van der Waals surface area (Å²) in [6.45, 7) is 2.09. The maximum Gasteiger partial charge on any atom is 0.0575 e. The van der Waals surface area contributed by atoms with E-state index in [4.69, 9.17) is 17.3 Å². The van der Waals surface area contributed by atoms with Crippen molar-refractivity contribution < 1.29 is 0 Å². The van der Waals surface area contributed by atoms with Gasteiger partial charge in [-0.25, -0.2) is 0 Å². The summed E-state index contributed by atoms with van der Waals surface area (Å²) in [7, 11) is 0. The van der Waals surface area contributed by atoms with Crippen molar-refractivity contribution in [3.05, 3.63) is 80.8 Å². The second-order valence-corrected chi connectivity index (χ2v) is 6.48. The van der Waals surface area contributed by atoms with E-state index in [1.165, 1.54) is 16.3 Å². The van der Waals surface area contributed by atoms with Crippen molar-refractivity contribution in [3.8, 4) is 0 Å². The second-order valence-electron chi connectivity index (χ2n) is 5.16. The van der Waals surface area contributed by atoms with Crippen LogP contribution >= 0.6 is 27.5 Å². The first-order valence-electron chi connectivity index (χ1n) is 6.76. The molecular weight excluding hydrogens is 346 g/mol. The molecule has 1 atom stereocenters. The fraction of sp³-hybridized carbons (Fsp3) is 0.111. The number of halogens is 2. The van der Waals surface area contributed by atoms with Crippen molar-refractivity contribution in [2.45, 2.75) is 13.0 Å². The van der Waals surface area contributed by atoms with E-state index in [-0.39, 0.29) is 6.04 Å². The molecule has 0 aliphatic carbocycles. The van der Waals surface area contributed by atoms with E-state index in [0.717, 1.165) is 15.6 Å². The van der Waals surface area contributed by atoms with Crippen molar-refractivity contribution in [2.24, 2.45) is 5.73 Å². The molecule has 106 valence electrons. The second kappa shape index (κ2) is 5.80. The summed E-state index contributed by atoms with van der Waals surface area (Å²) < 4.78 is 0.957. The molecule has 3 aromatic rings. The van der Waals surface area contributed by atoms with Crippen LogP contribution in [0.25, 0.3) is 10.8 Å². The summed E-state index contributed by atoms with van der Waals surface area (Å²) in [6, 6.07) is 18.2. The summed E-state index contributed by atoms with van der Waals surface area (Å²) in [4.78, 5) is 0. The molecule has 0 heterocycles. The van der Waals surface area contributed by atoms with E-state index < -0.39 is 0 Å². The van der Waals surface area contributed by atoms with Gasteiger partial charge in [-0.1, -0.05) is 70.0 Å². The maximum atomic E-state index is 6.53. The van der Waals surface area contributed by atoms with E-state index in [1.807, 2.05) is 30.3 Å².